The van der Waals surface area contributed by atoms with Gasteiger partial charge in [0, 0.05) is 18.8 Å². The van der Waals surface area contributed by atoms with E-state index in [1.54, 1.807) is 0 Å². The Hall–Kier alpha value is -2.00. The van der Waals surface area contributed by atoms with Crippen molar-refractivity contribution in [3.8, 4) is 12.1 Å². The summed E-state index contributed by atoms with van der Waals surface area (Å²) < 4.78 is 0. The molecule has 0 saturated heterocycles. The average Bonchev–Trinajstić information content (AvgIpc) is 2.62. The van der Waals surface area contributed by atoms with Crippen LogP contribution in [0.1, 0.15) is 57.8 Å². The molecule has 3 heteroatoms. The van der Waals surface area contributed by atoms with Gasteiger partial charge in [-0.2, -0.15) is 10.5 Å². The molecule has 3 aliphatic carbocycles. The van der Waals surface area contributed by atoms with Gasteiger partial charge in [-0.25, -0.2) is 0 Å². The summed E-state index contributed by atoms with van der Waals surface area (Å²) in [5.41, 5.74) is 3.99. The Kier molecular flexibility index (Phi) is 4.87. The van der Waals surface area contributed by atoms with Crippen molar-refractivity contribution in [1.29, 1.82) is 10.5 Å². The van der Waals surface area contributed by atoms with E-state index in [1.165, 1.54) is 49.8 Å². The summed E-state index contributed by atoms with van der Waals surface area (Å²) in [6.07, 6.45) is 15.5. The maximum atomic E-state index is 9.10. The van der Waals surface area contributed by atoms with Gasteiger partial charge in [0.05, 0.1) is 0 Å². The first-order chi connectivity index (χ1) is 11.2. The first-order valence-electron chi connectivity index (χ1n) is 8.91. The summed E-state index contributed by atoms with van der Waals surface area (Å²) in [6.45, 7) is 0. The fourth-order valence-electron chi connectivity index (χ4n) is 4.29. The number of hydrogen-bond donors (Lipinski definition) is 0. The van der Waals surface area contributed by atoms with Crippen LogP contribution in [0.3, 0.4) is 0 Å². The Morgan fingerprint density at radius 3 is 2.39 bits per heavy atom. The fourth-order valence-corrected chi connectivity index (χ4v) is 4.29. The van der Waals surface area contributed by atoms with Crippen LogP contribution in [-0.4, -0.2) is 18.0 Å². The molecule has 0 aromatic heterocycles. The Balaban J connectivity index is 1.84. The van der Waals surface area contributed by atoms with E-state index >= 15 is 0 Å². The minimum Gasteiger partial charge on any atom is -0.375 e. The van der Waals surface area contributed by atoms with E-state index in [9.17, 15) is 0 Å². The van der Waals surface area contributed by atoms with Gasteiger partial charge in [-0.15, -0.1) is 0 Å². The van der Waals surface area contributed by atoms with Gasteiger partial charge in [0.2, 0.25) is 0 Å². The summed E-state index contributed by atoms with van der Waals surface area (Å²) in [7, 11) is 2.25. The zero-order valence-electron chi connectivity index (χ0n) is 14.0. The third kappa shape index (κ3) is 3.35. The maximum absolute atomic E-state index is 9.10. The van der Waals surface area contributed by atoms with E-state index in [4.69, 9.17) is 10.5 Å². The molecule has 0 aliphatic heterocycles. The van der Waals surface area contributed by atoms with E-state index < -0.39 is 0 Å². The van der Waals surface area contributed by atoms with Crippen molar-refractivity contribution >= 4 is 0 Å². The third-order valence-electron chi connectivity index (χ3n) is 5.78. The Bertz CT molecular complexity index is 617. The zero-order chi connectivity index (χ0) is 16.2. The SMILES string of the molecule is CN(C1=CC2=CC(=C(C#N)C#N)CCC2CC1)C1CCCCC1. The van der Waals surface area contributed by atoms with E-state index in [0.717, 1.165) is 24.8 Å². The maximum Gasteiger partial charge on any atom is 0.132 e. The number of allylic oxidation sites excluding steroid dienone is 6. The molecule has 0 N–H and O–H groups in total. The predicted molar refractivity (Wildman–Crippen MR) is 91.0 cm³/mol. The number of hydrogen-bond acceptors (Lipinski definition) is 3. The molecule has 0 spiro atoms. The highest BCUT2D eigenvalue weighted by Crippen LogP contribution is 2.39. The Morgan fingerprint density at radius 1 is 1.00 bits per heavy atom. The molecule has 3 nitrogen and oxygen atoms in total. The highest BCUT2D eigenvalue weighted by Gasteiger charge is 2.27. The minimum atomic E-state index is 0.289. The molecule has 0 radical (unpaired) electrons. The van der Waals surface area contributed by atoms with Gasteiger partial charge >= 0.3 is 0 Å². The number of nitrogens with zero attached hydrogens (tertiary/aromatic N) is 3. The van der Waals surface area contributed by atoms with E-state index in [0.29, 0.717) is 12.0 Å². The molecule has 1 fully saturated rings. The van der Waals surface area contributed by atoms with Crippen LogP contribution in [0.25, 0.3) is 0 Å². The van der Waals surface area contributed by atoms with Gasteiger partial charge in [-0.05, 0) is 61.7 Å². The molecule has 0 amide bonds. The number of fused-ring (bicyclic) bond motifs is 1. The second-order valence-corrected chi connectivity index (χ2v) is 7.08. The van der Waals surface area contributed by atoms with Gasteiger partial charge in [-0.1, -0.05) is 25.3 Å². The zero-order valence-corrected chi connectivity index (χ0v) is 14.0. The summed E-state index contributed by atoms with van der Waals surface area (Å²) in [4.78, 5) is 2.50. The molecule has 1 saturated carbocycles. The molecule has 120 valence electrons. The number of rotatable bonds is 2. The first-order valence-corrected chi connectivity index (χ1v) is 8.91. The lowest BCUT2D eigenvalue weighted by Gasteiger charge is -2.38. The predicted octanol–water partition coefficient (Wildman–Crippen LogP) is 4.61. The summed E-state index contributed by atoms with van der Waals surface area (Å²) in [5.74, 6) is 0.612. The normalized spacial score (nSPS) is 24.7. The van der Waals surface area contributed by atoms with Crippen LogP contribution in [0.2, 0.25) is 0 Å². The standard InChI is InChI=1S/C20H25N3/c1-23(19-5-3-2-4-6-19)20-10-9-15-7-8-16(11-17(15)12-20)18(13-21)14-22/h11-12,15,19H,2-10H2,1H3. The molecule has 3 rings (SSSR count). The smallest absolute Gasteiger partial charge is 0.132 e. The lowest BCUT2D eigenvalue weighted by atomic mass is 9.77. The molecule has 0 heterocycles. The molecule has 0 aromatic carbocycles. The van der Waals surface area contributed by atoms with Gasteiger partial charge in [0.1, 0.15) is 17.7 Å². The molecule has 3 aliphatic rings. The van der Waals surface area contributed by atoms with Gasteiger partial charge in [0.15, 0.2) is 0 Å². The molecule has 0 bridgehead atoms. The van der Waals surface area contributed by atoms with Crippen molar-refractivity contribution in [2.45, 2.75) is 63.8 Å². The summed E-state index contributed by atoms with van der Waals surface area (Å²) >= 11 is 0. The van der Waals surface area contributed by atoms with Crippen molar-refractivity contribution in [2.75, 3.05) is 7.05 Å². The van der Waals surface area contributed by atoms with Crippen LogP contribution >= 0.6 is 0 Å². The lowest BCUT2D eigenvalue weighted by Crippen LogP contribution is -2.34. The van der Waals surface area contributed by atoms with Crippen LogP contribution in [0, 0.1) is 28.6 Å². The summed E-state index contributed by atoms with van der Waals surface area (Å²) in [6, 6.07) is 4.78. The minimum absolute atomic E-state index is 0.289. The molecule has 1 unspecified atom stereocenters. The number of nitriles is 2. The van der Waals surface area contributed by atoms with E-state index in [1.807, 2.05) is 12.1 Å². The topological polar surface area (TPSA) is 50.8 Å². The quantitative estimate of drug-likeness (QED) is 0.700. The highest BCUT2D eigenvalue weighted by molar-refractivity contribution is 5.49. The molecule has 0 aromatic rings. The van der Waals surface area contributed by atoms with Crippen LogP contribution < -0.4 is 0 Å². The second kappa shape index (κ2) is 7.05. The lowest BCUT2D eigenvalue weighted by molar-refractivity contribution is 0.224. The van der Waals surface area contributed by atoms with Gasteiger partial charge in [0.25, 0.3) is 0 Å². The molecular formula is C20H25N3. The van der Waals surface area contributed by atoms with Crippen LogP contribution in [0.5, 0.6) is 0 Å². The molecule has 1 atom stereocenters. The molecule has 23 heavy (non-hydrogen) atoms. The summed E-state index contributed by atoms with van der Waals surface area (Å²) in [5, 5.41) is 18.2. The monoisotopic (exact) mass is 307 g/mol. The average molecular weight is 307 g/mol. The Labute approximate surface area is 139 Å². The van der Waals surface area contributed by atoms with Gasteiger partial charge in [-0.3, -0.25) is 0 Å². The van der Waals surface area contributed by atoms with Crippen molar-refractivity contribution < 1.29 is 0 Å². The largest absolute Gasteiger partial charge is 0.375 e. The van der Waals surface area contributed by atoms with Gasteiger partial charge < -0.3 is 4.90 Å². The van der Waals surface area contributed by atoms with E-state index in [-0.39, 0.29) is 5.57 Å². The van der Waals surface area contributed by atoms with Crippen molar-refractivity contribution in [2.24, 2.45) is 5.92 Å². The second-order valence-electron chi connectivity index (χ2n) is 7.08. The van der Waals surface area contributed by atoms with Crippen molar-refractivity contribution in [3.63, 3.8) is 0 Å². The van der Waals surface area contributed by atoms with Crippen molar-refractivity contribution in [1.82, 2.24) is 4.90 Å². The van der Waals surface area contributed by atoms with Crippen LogP contribution in [0.15, 0.2) is 34.6 Å². The van der Waals surface area contributed by atoms with Crippen LogP contribution in [-0.2, 0) is 0 Å². The Morgan fingerprint density at radius 2 is 1.70 bits per heavy atom. The van der Waals surface area contributed by atoms with Crippen LogP contribution in [0.4, 0.5) is 0 Å². The van der Waals surface area contributed by atoms with E-state index in [2.05, 4.69) is 24.1 Å². The highest BCUT2D eigenvalue weighted by atomic mass is 15.1. The first kappa shape index (κ1) is 15.9. The fraction of sp³-hybridized carbons (Fsp3) is 0.600. The molecular weight excluding hydrogens is 282 g/mol. The third-order valence-corrected chi connectivity index (χ3v) is 5.78. The van der Waals surface area contributed by atoms with Crippen molar-refractivity contribution in [3.05, 3.63) is 34.6 Å².